The van der Waals surface area contributed by atoms with Gasteiger partial charge in [0.1, 0.15) is 17.5 Å². The maximum atomic E-state index is 12.6. The highest BCUT2D eigenvalue weighted by atomic mass is 16.5. The molecule has 0 radical (unpaired) electrons. The van der Waals surface area contributed by atoms with E-state index in [-0.39, 0.29) is 11.8 Å². The van der Waals surface area contributed by atoms with Gasteiger partial charge in [0.2, 0.25) is 0 Å². The Labute approximate surface area is 139 Å². The highest BCUT2D eigenvalue weighted by Crippen LogP contribution is 2.49. The quantitative estimate of drug-likeness (QED) is 0.939. The molecule has 1 amide bonds. The number of hydrogen-bond donors (Lipinski definition) is 1. The Morgan fingerprint density at radius 2 is 1.67 bits per heavy atom. The van der Waals surface area contributed by atoms with Crippen molar-refractivity contribution in [1.82, 2.24) is 4.90 Å². The summed E-state index contributed by atoms with van der Waals surface area (Å²) in [5.41, 5.74) is 0.489. The van der Waals surface area contributed by atoms with E-state index >= 15 is 0 Å². The van der Waals surface area contributed by atoms with Gasteiger partial charge in [-0.25, -0.2) is 4.79 Å². The Morgan fingerprint density at radius 3 is 2.33 bits per heavy atom. The highest BCUT2D eigenvalue weighted by molar-refractivity contribution is 5.97. The molecule has 2 aliphatic rings. The van der Waals surface area contributed by atoms with Gasteiger partial charge in [-0.1, -0.05) is 18.2 Å². The zero-order valence-electron chi connectivity index (χ0n) is 13.0. The summed E-state index contributed by atoms with van der Waals surface area (Å²) in [6.07, 6.45) is 0.921. The van der Waals surface area contributed by atoms with Crippen molar-refractivity contribution in [2.45, 2.75) is 12.5 Å². The first kappa shape index (κ1) is 14.8. The fraction of sp³-hybridized carbons (Fsp3) is 0.263. The van der Waals surface area contributed by atoms with Gasteiger partial charge in [-0.05, 0) is 54.7 Å². The molecule has 1 N–H and O–H groups in total. The van der Waals surface area contributed by atoms with Gasteiger partial charge in [0.05, 0.1) is 0 Å². The molecule has 0 aromatic heterocycles. The molecule has 24 heavy (non-hydrogen) atoms. The van der Waals surface area contributed by atoms with Gasteiger partial charge in [-0.3, -0.25) is 4.79 Å². The molecular weight excluding hydrogens is 306 g/mol. The van der Waals surface area contributed by atoms with Crippen molar-refractivity contribution in [2.75, 3.05) is 6.54 Å². The Hall–Kier alpha value is -2.82. The molecule has 1 aliphatic carbocycles. The van der Waals surface area contributed by atoms with Crippen molar-refractivity contribution in [3.8, 4) is 11.5 Å². The smallest absolute Gasteiger partial charge is 0.326 e. The van der Waals surface area contributed by atoms with Crippen LogP contribution in [0.5, 0.6) is 11.5 Å². The number of benzene rings is 2. The zero-order chi connectivity index (χ0) is 16.7. The van der Waals surface area contributed by atoms with E-state index < -0.39 is 12.0 Å². The molecule has 122 valence electrons. The van der Waals surface area contributed by atoms with Crippen LogP contribution in [0.15, 0.2) is 54.6 Å². The second kappa shape index (κ2) is 5.67. The van der Waals surface area contributed by atoms with Crippen molar-refractivity contribution in [1.29, 1.82) is 0 Å². The summed E-state index contributed by atoms with van der Waals surface area (Å²) in [6, 6.07) is 15.5. The Kier molecular flexibility index (Phi) is 3.49. The number of rotatable bonds is 4. The van der Waals surface area contributed by atoms with Crippen molar-refractivity contribution >= 4 is 11.9 Å². The van der Waals surface area contributed by atoms with Crippen LogP contribution in [0.2, 0.25) is 0 Å². The summed E-state index contributed by atoms with van der Waals surface area (Å²) in [5, 5.41) is 9.37. The molecular formula is C19H17NO4. The average molecular weight is 323 g/mol. The SMILES string of the molecule is O=C(O)C1C2CC2CN1C(=O)c1ccc(Oc2ccccc2)cc1. The maximum absolute atomic E-state index is 12.6. The van der Waals surface area contributed by atoms with Crippen LogP contribution in [-0.4, -0.2) is 34.5 Å². The van der Waals surface area contributed by atoms with Crippen LogP contribution >= 0.6 is 0 Å². The van der Waals surface area contributed by atoms with Crippen LogP contribution in [0.4, 0.5) is 0 Å². The topological polar surface area (TPSA) is 66.8 Å². The predicted octanol–water partition coefficient (Wildman–Crippen LogP) is 3.02. The number of hydrogen-bond acceptors (Lipinski definition) is 3. The van der Waals surface area contributed by atoms with E-state index in [2.05, 4.69) is 0 Å². The van der Waals surface area contributed by atoms with Crippen LogP contribution in [0.1, 0.15) is 16.8 Å². The number of amides is 1. The number of nitrogens with zero attached hydrogens (tertiary/aromatic N) is 1. The third-order valence-corrected chi connectivity index (χ3v) is 4.74. The Bertz CT molecular complexity index is 772. The van der Waals surface area contributed by atoms with Gasteiger partial charge in [-0.2, -0.15) is 0 Å². The fourth-order valence-electron chi connectivity index (χ4n) is 3.45. The number of likely N-dealkylation sites (tertiary alicyclic amines) is 1. The molecule has 0 bridgehead atoms. The molecule has 4 rings (SSSR count). The molecule has 1 saturated carbocycles. The van der Waals surface area contributed by atoms with E-state index in [1.165, 1.54) is 4.90 Å². The Morgan fingerprint density at radius 1 is 1.00 bits per heavy atom. The molecule has 1 aliphatic heterocycles. The van der Waals surface area contributed by atoms with Gasteiger partial charge in [0.25, 0.3) is 5.91 Å². The minimum Gasteiger partial charge on any atom is -0.480 e. The number of carbonyl (C=O) groups is 2. The van der Waals surface area contributed by atoms with E-state index in [0.717, 1.165) is 12.2 Å². The predicted molar refractivity (Wildman–Crippen MR) is 87.0 cm³/mol. The summed E-state index contributed by atoms with van der Waals surface area (Å²) in [7, 11) is 0. The number of aliphatic carboxylic acids is 1. The third-order valence-electron chi connectivity index (χ3n) is 4.74. The van der Waals surface area contributed by atoms with Crippen molar-refractivity contribution in [3.63, 3.8) is 0 Å². The van der Waals surface area contributed by atoms with Crippen LogP contribution in [-0.2, 0) is 4.79 Å². The van der Waals surface area contributed by atoms with E-state index in [1.54, 1.807) is 24.3 Å². The molecule has 2 aromatic carbocycles. The second-order valence-corrected chi connectivity index (χ2v) is 6.34. The summed E-state index contributed by atoms with van der Waals surface area (Å²) >= 11 is 0. The molecule has 5 heteroatoms. The molecule has 3 atom stereocenters. The zero-order valence-corrected chi connectivity index (χ0v) is 13.0. The van der Waals surface area contributed by atoms with Gasteiger partial charge < -0.3 is 14.7 Å². The molecule has 2 fully saturated rings. The van der Waals surface area contributed by atoms with Crippen molar-refractivity contribution < 1.29 is 19.4 Å². The first-order valence-corrected chi connectivity index (χ1v) is 8.00. The lowest BCUT2D eigenvalue weighted by atomic mass is 10.1. The van der Waals surface area contributed by atoms with E-state index in [0.29, 0.717) is 23.8 Å². The molecule has 2 aromatic rings. The number of carboxylic acids is 1. The summed E-state index contributed by atoms with van der Waals surface area (Å²) < 4.78 is 5.70. The lowest BCUT2D eigenvalue weighted by Gasteiger charge is -2.24. The standard InChI is InChI=1S/C19H17NO4/c21-18(20-11-13-10-16(13)17(20)19(22)23)12-6-8-15(9-7-12)24-14-4-2-1-3-5-14/h1-9,13,16-17H,10-11H2,(H,22,23). The lowest BCUT2D eigenvalue weighted by molar-refractivity contribution is -0.142. The summed E-state index contributed by atoms with van der Waals surface area (Å²) in [4.78, 5) is 25.5. The van der Waals surface area contributed by atoms with E-state index in [9.17, 15) is 14.7 Å². The van der Waals surface area contributed by atoms with E-state index in [1.807, 2.05) is 30.3 Å². The fourth-order valence-corrected chi connectivity index (χ4v) is 3.45. The van der Waals surface area contributed by atoms with Crippen molar-refractivity contribution in [3.05, 3.63) is 60.2 Å². The van der Waals surface area contributed by atoms with Crippen LogP contribution in [0.25, 0.3) is 0 Å². The summed E-state index contributed by atoms with van der Waals surface area (Å²) in [5.74, 6) is 0.722. The maximum Gasteiger partial charge on any atom is 0.326 e. The van der Waals surface area contributed by atoms with Gasteiger partial charge >= 0.3 is 5.97 Å². The number of carbonyl (C=O) groups excluding carboxylic acids is 1. The highest BCUT2D eigenvalue weighted by Gasteiger charge is 2.57. The number of piperidine rings is 1. The number of ether oxygens (including phenoxy) is 1. The number of fused-ring (bicyclic) bond motifs is 1. The monoisotopic (exact) mass is 323 g/mol. The molecule has 0 spiro atoms. The third kappa shape index (κ3) is 2.62. The molecule has 5 nitrogen and oxygen atoms in total. The minimum absolute atomic E-state index is 0.132. The van der Waals surface area contributed by atoms with Gasteiger partial charge in [0, 0.05) is 12.1 Å². The second-order valence-electron chi connectivity index (χ2n) is 6.34. The summed E-state index contributed by atoms with van der Waals surface area (Å²) in [6.45, 7) is 0.544. The number of para-hydroxylation sites is 1. The van der Waals surface area contributed by atoms with Crippen LogP contribution in [0, 0.1) is 11.8 Å². The average Bonchev–Trinajstić information content (AvgIpc) is 3.25. The normalized spacial score (nSPS) is 24.3. The van der Waals surface area contributed by atoms with Gasteiger partial charge in [0.15, 0.2) is 0 Å². The lowest BCUT2D eigenvalue weighted by Crippen LogP contribution is -2.43. The molecule has 3 unspecified atom stereocenters. The van der Waals surface area contributed by atoms with E-state index in [4.69, 9.17) is 4.74 Å². The van der Waals surface area contributed by atoms with Gasteiger partial charge in [-0.15, -0.1) is 0 Å². The molecule has 1 saturated heterocycles. The first-order valence-electron chi connectivity index (χ1n) is 8.00. The Balaban J connectivity index is 1.48. The van der Waals surface area contributed by atoms with Crippen molar-refractivity contribution in [2.24, 2.45) is 11.8 Å². The first-order chi connectivity index (χ1) is 11.6. The number of carboxylic acid groups (broad SMARTS) is 1. The van der Waals surface area contributed by atoms with Crippen LogP contribution < -0.4 is 4.74 Å². The minimum atomic E-state index is -0.905. The largest absolute Gasteiger partial charge is 0.480 e. The molecule has 1 heterocycles. The van der Waals surface area contributed by atoms with Crippen LogP contribution in [0.3, 0.4) is 0 Å².